The average molecular weight is 355 g/mol. The fourth-order valence-corrected chi connectivity index (χ4v) is 3.24. The SMILES string of the molecule is COc1ccc(Cl)cc1NC(=O)C(C)N1CC(C)CC(C(=O)O)C1. The van der Waals surface area contributed by atoms with Crippen LogP contribution in [0.4, 0.5) is 5.69 Å². The highest BCUT2D eigenvalue weighted by Crippen LogP contribution is 2.29. The summed E-state index contributed by atoms with van der Waals surface area (Å²) in [6.45, 7) is 4.86. The number of methoxy groups -OCH3 is 1. The van der Waals surface area contributed by atoms with E-state index in [0.717, 1.165) is 0 Å². The van der Waals surface area contributed by atoms with Gasteiger partial charge in [-0.3, -0.25) is 14.5 Å². The Kier molecular flexibility index (Phi) is 6.07. The molecule has 6 nitrogen and oxygen atoms in total. The highest BCUT2D eigenvalue weighted by Gasteiger charge is 2.34. The van der Waals surface area contributed by atoms with Crippen molar-refractivity contribution in [1.29, 1.82) is 0 Å². The molecule has 0 spiro atoms. The number of nitrogens with zero attached hydrogens (tertiary/aromatic N) is 1. The Morgan fingerprint density at radius 3 is 2.75 bits per heavy atom. The third kappa shape index (κ3) is 4.39. The fourth-order valence-electron chi connectivity index (χ4n) is 3.07. The van der Waals surface area contributed by atoms with Gasteiger partial charge in [-0.25, -0.2) is 0 Å². The number of carboxylic acids is 1. The predicted molar refractivity (Wildman–Crippen MR) is 92.6 cm³/mol. The fraction of sp³-hybridized carbons (Fsp3) is 0.529. The smallest absolute Gasteiger partial charge is 0.307 e. The second kappa shape index (κ2) is 7.85. The van der Waals surface area contributed by atoms with Gasteiger partial charge in [0.1, 0.15) is 5.75 Å². The summed E-state index contributed by atoms with van der Waals surface area (Å²) in [7, 11) is 1.52. The van der Waals surface area contributed by atoms with Gasteiger partial charge < -0.3 is 15.2 Å². The quantitative estimate of drug-likeness (QED) is 0.850. The molecule has 24 heavy (non-hydrogen) atoms. The van der Waals surface area contributed by atoms with Crippen molar-refractivity contribution in [1.82, 2.24) is 4.90 Å². The molecule has 1 fully saturated rings. The summed E-state index contributed by atoms with van der Waals surface area (Å²) in [6, 6.07) is 4.55. The lowest BCUT2D eigenvalue weighted by molar-refractivity contribution is -0.145. The van der Waals surface area contributed by atoms with Crippen LogP contribution in [0.2, 0.25) is 5.02 Å². The van der Waals surface area contributed by atoms with Gasteiger partial charge in [0, 0.05) is 18.1 Å². The van der Waals surface area contributed by atoms with Gasteiger partial charge in [-0.15, -0.1) is 0 Å². The summed E-state index contributed by atoms with van der Waals surface area (Å²) < 4.78 is 5.23. The number of carbonyl (C=O) groups is 2. The number of rotatable bonds is 5. The van der Waals surface area contributed by atoms with Crippen LogP contribution in [-0.2, 0) is 9.59 Å². The molecule has 1 aromatic rings. The van der Waals surface area contributed by atoms with Crippen molar-refractivity contribution in [2.75, 3.05) is 25.5 Å². The normalized spacial score (nSPS) is 22.7. The molecule has 1 saturated heterocycles. The van der Waals surface area contributed by atoms with Gasteiger partial charge in [-0.05, 0) is 37.5 Å². The number of hydrogen-bond acceptors (Lipinski definition) is 4. The van der Waals surface area contributed by atoms with Crippen LogP contribution < -0.4 is 10.1 Å². The summed E-state index contributed by atoms with van der Waals surface area (Å²) >= 11 is 5.98. The maximum Gasteiger partial charge on any atom is 0.307 e. The number of ether oxygens (including phenoxy) is 1. The molecule has 0 aliphatic carbocycles. The van der Waals surface area contributed by atoms with Crippen molar-refractivity contribution in [2.45, 2.75) is 26.3 Å². The Morgan fingerprint density at radius 1 is 1.42 bits per heavy atom. The number of anilines is 1. The lowest BCUT2D eigenvalue weighted by atomic mass is 9.89. The predicted octanol–water partition coefficient (Wildman–Crippen LogP) is 2.72. The minimum absolute atomic E-state index is 0.214. The number of nitrogens with one attached hydrogen (secondary N) is 1. The Bertz CT molecular complexity index is 623. The molecule has 0 saturated carbocycles. The van der Waals surface area contributed by atoms with Gasteiger partial charge in [-0.1, -0.05) is 18.5 Å². The molecule has 1 aromatic carbocycles. The second-order valence-electron chi connectivity index (χ2n) is 6.34. The van der Waals surface area contributed by atoms with E-state index in [-0.39, 0.29) is 11.8 Å². The largest absolute Gasteiger partial charge is 0.495 e. The number of piperidine rings is 1. The summed E-state index contributed by atoms with van der Waals surface area (Å²) in [4.78, 5) is 25.8. The molecule has 0 aromatic heterocycles. The molecule has 3 atom stereocenters. The summed E-state index contributed by atoms with van der Waals surface area (Å²) in [5, 5.41) is 12.6. The number of halogens is 1. The molecule has 7 heteroatoms. The van der Waals surface area contributed by atoms with E-state index in [9.17, 15) is 14.7 Å². The highest BCUT2D eigenvalue weighted by molar-refractivity contribution is 6.31. The van der Waals surface area contributed by atoms with Crippen molar-refractivity contribution < 1.29 is 19.4 Å². The monoisotopic (exact) mass is 354 g/mol. The first-order valence-corrected chi connectivity index (χ1v) is 8.30. The standard InChI is InChI=1S/C17H23ClN2O4/c1-10-6-12(17(22)23)9-20(8-10)11(2)16(21)19-14-7-13(18)4-5-15(14)24-3/h4-5,7,10-12H,6,8-9H2,1-3H3,(H,19,21)(H,22,23). The molecule has 3 unspecified atom stereocenters. The minimum atomic E-state index is -0.810. The van der Waals surface area contributed by atoms with E-state index < -0.39 is 17.9 Å². The summed E-state index contributed by atoms with van der Waals surface area (Å²) in [6.07, 6.45) is 0.641. The third-order valence-electron chi connectivity index (χ3n) is 4.38. The number of likely N-dealkylation sites (tertiary alicyclic amines) is 1. The van der Waals surface area contributed by atoms with Crippen molar-refractivity contribution in [3.05, 3.63) is 23.2 Å². The average Bonchev–Trinajstić information content (AvgIpc) is 2.53. The third-order valence-corrected chi connectivity index (χ3v) is 4.62. The zero-order valence-corrected chi connectivity index (χ0v) is 14.8. The van der Waals surface area contributed by atoms with Crippen molar-refractivity contribution in [3.8, 4) is 5.75 Å². The first-order chi connectivity index (χ1) is 11.3. The van der Waals surface area contributed by atoms with E-state index in [0.29, 0.717) is 36.0 Å². The van der Waals surface area contributed by atoms with Crippen molar-refractivity contribution in [2.24, 2.45) is 11.8 Å². The topological polar surface area (TPSA) is 78.9 Å². The molecule has 0 radical (unpaired) electrons. The molecule has 1 amide bonds. The van der Waals surface area contributed by atoms with Crippen LogP contribution in [0.25, 0.3) is 0 Å². The van der Waals surface area contributed by atoms with Gasteiger partial charge in [0.05, 0.1) is 24.8 Å². The molecular weight excluding hydrogens is 332 g/mol. The highest BCUT2D eigenvalue weighted by atomic mass is 35.5. The molecule has 2 N–H and O–H groups in total. The molecule has 132 valence electrons. The number of benzene rings is 1. The van der Waals surface area contributed by atoms with E-state index in [1.807, 2.05) is 11.8 Å². The molecular formula is C17H23ClN2O4. The van der Waals surface area contributed by atoms with Crippen LogP contribution in [0.1, 0.15) is 20.3 Å². The number of amides is 1. The number of carbonyl (C=O) groups excluding carboxylic acids is 1. The van der Waals surface area contributed by atoms with Gasteiger partial charge in [0.2, 0.25) is 5.91 Å². The van der Waals surface area contributed by atoms with Crippen LogP contribution in [0.15, 0.2) is 18.2 Å². The lowest BCUT2D eigenvalue weighted by Crippen LogP contribution is -2.50. The van der Waals surface area contributed by atoms with E-state index in [2.05, 4.69) is 5.32 Å². The maximum absolute atomic E-state index is 12.6. The van der Waals surface area contributed by atoms with E-state index >= 15 is 0 Å². The van der Waals surface area contributed by atoms with Gasteiger partial charge in [0.15, 0.2) is 0 Å². The molecule has 1 aliphatic heterocycles. The van der Waals surface area contributed by atoms with Crippen LogP contribution in [0.5, 0.6) is 5.75 Å². The van der Waals surface area contributed by atoms with E-state index in [1.54, 1.807) is 25.1 Å². The zero-order chi connectivity index (χ0) is 17.9. The molecule has 1 aliphatic rings. The summed E-state index contributed by atoms with van der Waals surface area (Å²) in [5.74, 6) is -0.708. The van der Waals surface area contributed by atoms with Crippen LogP contribution >= 0.6 is 11.6 Å². The number of hydrogen-bond donors (Lipinski definition) is 2. The van der Waals surface area contributed by atoms with Crippen LogP contribution in [-0.4, -0.2) is 48.1 Å². The number of carboxylic acid groups (broad SMARTS) is 1. The number of aliphatic carboxylic acids is 1. The Hall–Kier alpha value is -1.79. The Balaban J connectivity index is 2.09. The lowest BCUT2D eigenvalue weighted by Gasteiger charge is -2.37. The second-order valence-corrected chi connectivity index (χ2v) is 6.78. The summed E-state index contributed by atoms with van der Waals surface area (Å²) in [5.41, 5.74) is 0.502. The minimum Gasteiger partial charge on any atom is -0.495 e. The Labute approximate surface area is 146 Å². The zero-order valence-electron chi connectivity index (χ0n) is 14.1. The molecule has 2 rings (SSSR count). The molecule has 0 bridgehead atoms. The van der Waals surface area contributed by atoms with Crippen LogP contribution in [0.3, 0.4) is 0 Å². The van der Waals surface area contributed by atoms with Gasteiger partial charge in [0.25, 0.3) is 0 Å². The van der Waals surface area contributed by atoms with Crippen LogP contribution in [0, 0.1) is 11.8 Å². The maximum atomic E-state index is 12.6. The van der Waals surface area contributed by atoms with E-state index in [4.69, 9.17) is 16.3 Å². The van der Waals surface area contributed by atoms with E-state index in [1.165, 1.54) is 7.11 Å². The van der Waals surface area contributed by atoms with Crippen molar-refractivity contribution >= 4 is 29.2 Å². The Morgan fingerprint density at radius 2 is 2.12 bits per heavy atom. The first-order valence-electron chi connectivity index (χ1n) is 7.93. The van der Waals surface area contributed by atoms with Gasteiger partial charge in [-0.2, -0.15) is 0 Å². The van der Waals surface area contributed by atoms with Crippen molar-refractivity contribution in [3.63, 3.8) is 0 Å². The first kappa shape index (κ1) is 18.5. The molecule has 1 heterocycles. The van der Waals surface area contributed by atoms with Gasteiger partial charge >= 0.3 is 5.97 Å².